The zero-order valence-corrected chi connectivity index (χ0v) is 19.0. The van der Waals surface area contributed by atoms with Crippen molar-refractivity contribution in [2.45, 2.75) is 39.3 Å². The third-order valence-corrected chi connectivity index (χ3v) is 5.55. The van der Waals surface area contributed by atoms with Gasteiger partial charge in [-0.1, -0.05) is 37.3 Å². The average molecular weight is 446 g/mol. The predicted octanol–water partition coefficient (Wildman–Crippen LogP) is 4.95. The van der Waals surface area contributed by atoms with Crippen molar-refractivity contribution in [2.75, 3.05) is 7.11 Å². The van der Waals surface area contributed by atoms with Crippen LogP contribution in [-0.4, -0.2) is 32.7 Å². The molecule has 1 N–H and O–H groups in total. The van der Waals surface area contributed by atoms with E-state index in [0.717, 1.165) is 41.0 Å². The van der Waals surface area contributed by atoms with Gasteiger partial charge in [0.05, 0.1) is 13.7 Å². The number of benzene rings is 2. The van der Waals surface area contributed by atoms with Gasteiger partial charge in [-0.25, -0.2) is 14.8 Å². The van der Waals surface area contributed by atoms with E-state index in [-0.39, 0.29) is 0 Å². The van der Waals surface area contributed by atoms with E-state index in [4.69, 9.17) is 14.5 Å². The number of para-hydroxylation sites is 1. The zero-order valence-electron chi connectivity index (χ0n) is 19.0. The molecule has 4 aromatic rings. The number of ether oxygens (including phenoxy) is 2. The standard InChI is InChI=1S/C26H27N3O4/c1-4-7-22-28-23-17(2)14-15-27-25(23)29(22)16-18-10-12-19(13-11-18)33-24(26(30)31)20-8-5-6-9-21(20)32-3/h5-6,8-15,24H,4,7,16H2,1-3H3,(H,30,31). The summed E-state index contributed by atoms with van der Waals surface area (Å²) in [6.45, 7) is 4.80. The van der Waals surface area contributed by atoms with Crippen molar-refractivity contribution < 1.29 is 19.4 Å². The number of aromatic nitrogens is 3. The maximum atomic E-state index is 11.9. The molecule has 2 heterocycles. The predicted molar refractivity (Wildman–Crippen MR) is 126 cm³/mol. The molecule has 0 saturated heterocycles. The SMILES string of the molecule is CCCc1nc2c(C)ccnc2n1Cc1ccc(OC(C(=O)O)c2ccccc2OC)cc1. The van der Waals surface area contributed by atoms with Crippen molar-refractivity contribution in [1.82, 2.24) is 14.5 Å². The van der Waals surface area contributed by atoms with Crippen molar-refractivity contribution in [2.24, 2.45) is 0 Å². The van der Waals surface area contributed by atoms with Gasteiger partial charge in [-0.2, -0.15) is 0 Å². The van der Waals surface area contributed by atoms with Crippen LogP contribution >= 0.6 is 0 Å². The van der Waals surface area contributed by atoms with Crippen LogP contribution < -0.4 is 9.47 Å². The summed E-state index contributed by atoms with van der Waals surface area (Å²) in [7, 11) is 1.51. The zero-order chi connectivity index (χ0) is 23.4. The van der Waals surface area contributed by atoms with Gasteiger partial charge < -0.3 is 19.1 Å². The summed E-state index contributed by atoms with van der Waals surface area (Å²) in [6, 6.07) is 16.4. The van der Waals surface area contributed by atoms with E-state index in [1.165, 1.54) is 7.11 Å². The van der Waals surface area contributed by atoms with E-state index < -0.39 is 12.1 Å². The minimum Gasteiger partial charge on any atom is -0.496 e. The Labute approximate surface area is 192 Å². The van der Waals surface area contributed by atoms with Crippen LogP contribution in [0.3, 0.4) is 0 Å². The molecule has 2 aromatic heterocycles. The topological polar surface area (TPSA) is 86.5 Å². The Bertz CT molecular complexity index is 1260. The van der Waals surface area contributed by atoms with Crippen LogP contribution in [0.4, 0.5) is 0 Å². The molecule has 0 amide bonds. The summed E-state index contributed by atoms with van der Waals surface area (Å²) in [5.74, 6) is 0.867. The molecule has 0 aliphatic heterocycles. The second-order valence-electron chi connectivity index (χ2n) is 7.89. The number of hydrogen-bond acceptors (Lipinski definition) is 5. The molecule has 0 aliphatic carbocycles. The molecular formula is C26H27N3O4. The first-order chi connectivity index (χ1) is 16.0. The molecular weight excluding hydrogens is 418 g/mol. The maximum absolute atomic E-state index is 11.9. The highest BCUT2D eigenvalue weighted by atomic mass is 16.5. The van der Waals surface area contributed by atoms with Crippen LogP contribution in [0.1, 0.15) is 42.0 Å². The Morgan fingerprint density at radius 2 is 1.88 bits per heavy atom. The Morgan fingerprint density at radius 1 is 1.12 bits per heavy atom. The second-order valence-corrected chi connectivity index (χ2v) is 7.89. The highest BCUT2D eigenvalue weighted by molar-refractivity contribution is 5.76. The van der Waals surface area contributed by atoms with E-state index in [1.54, 1.807) is 36.4 Å². The van der Waals surface area contributed by atoms with E-state index in [2.05, 4.69) is 16.5 Å². The summed E-state index contributed by atoms with van der Waals surface area (Å²) >= 11 is 0. The van der Waals surface area contributed by atoms with Gasteiger partial charge in [0.2, 0.25) is 6.10 Å². The van der Waals surface area contributed by atoms with Gasteiger partial charge in [-0.05, 0) is 48.7 Å². The lowest BCUT2D eigenvalue weighted by atomic mass is 10.1. The molecule has 0 aliphatic rings. The quantitative estimate of drug-likeness (QED) is 0.392. The van der Waals surface area contributed by atoms with Gasteiger partial charge in [0.15, 0.2) is 5.65 Å². The number of aliphatic carboxylic acids is 1. The summed E-state index contributed by atoms with van der Waals surface area (Å²) < 4.78 is 13.3. The van der Waals surface area contributed by atoms with Gasteiger partial charge in [-0.3, -0.25) is 0 Å². The summed E-state index contributed by atoms with van der Waals surface area (Å²) in [6.07, 6.45) is 2.50. The number of hydrogen-bond donors (Lipinski definition) is 1. The lowest BCUT2D eigenvalue weighted by Crippen LogP contribution is -2.19. The molecule has 2 aromatic carbocycles. The largest absolute Gasteiger partial charge is 0.496 e. The third-order valence-electron chi connectivity index (χ3n) is 5.55. The van der Waals surface area contributed by atoms with Crippen LogP contribution in [0.5, 0.6) is 11.5 Å². The first-order valence-corrected chi connectivity index (χ1v) is 10.9. The molecule has 0 spiro atoms. The van der Waals surface area contributed by atoms with Crippen molar-refractivity contribution in [3.05, 3.63) is 83.3 Å². The highest BCUT2D eigenvalue weighted by Gasteiger charge is 2.25. The minimum atomic E-state index is -1.17. The molecule has 7 heteroatoms. The lowest BCUT2D eigenvalue weighted by molar-refractivity contribution is -0.145. The Balaban J connectivity index is 1.58. The monoisotopic (exact) mass is 445 g/mol. The first kappa shape index (κ1) is 22.3. The van der Waals surface area contributed by atoms with E-state index in [1.807, 2.05) is 31.3 Å². The number of carboxylic acids is 1. The van der Waals surface area contributed by atoms with Crippen molar-refractivity contribution in [3.8, 4) is 11.5 Å². The van der Waals surface area contributed by atoms with E-state index in [9.17, 15) is 9.90 Å². The van der Waals surface area contributed by atoms with Crippen molar-refractivity contribution in [1.29, 1.82) is 0 Å². The number of aryl methyl sites for hydroxylation is 2. The molecule has 33 heavy (non-hydrogen) atoms. The Kier molecular flexibility index (Phi) is 6.58. The number of imidazole rings is 1. The molecule has 0 fully saturated rings. The van der Waals surface area contributed by atoms with Gasteiger partial charge in [0.25, 0.3) is 0 Å². The Hall–Kier alpha value is -3.87. The van der Waals surface area contributed by atoms with Crippen LogP contribution in [-0.2, 0) is 17.8 Å². The molecule has 1 atom stereocenters. The Morgan fingerprint density at radius 3 is 2.58 bits per heavy atom. The van der Waals surface area contributed by atoms with Crippen LogP contribution in [0, 0.1) is 6.92 Å². The fourth-order valence-electron chi connectivity index (χ4n) is 3.89. The lowest BCUT2D eigenvalue weighted by Gasteiger charge is -2.18. The number of fused-ring (bicyclic) bond motifs is 1. The number of carbonyl (C=O) groups is 1. The van der Waals surface area contributed by atoms with Crippen LogP contribution in [0.15, 0.2) is 60.8 Å². The molecule has 0 saturated carbocycles. The minimum absolute atomic E-state index is 0.465. The number of nitrogens with zero attached hydrogens (tertiary/aromatic N) is 3. The summed E-state index contributed by atoms with van der Waals surface area (Å²) in [5.41, 5.74) is 4.43. The molecule has 170 valence electrons. The number of methoxy groups -OCH3 is 1. The fourth-order valence-corrected chi connectivity index (χ4v) is 3.89. The van der Waals surface area contributed by atoms with Crippen molar-refractivity contribution in [3.63, 3.8) is 0 Å². The van der Waals surface area contributed by atoms with Crippen molar-refractivity contribution >= 4 is 17.1 Å². The fraction of sp³-hybridized carbons (Fsp3) is 0.269. The summed E-state index contributed by atoms with van der Waals surface area (Å²) in [4.78, 5) is 21.3. The van der Waals surface area contributed by atoms with E-state index in [0.29, 0.717) is 23.6 Å². The number of pyridine rings is 1. The number of rotatable bonds is 9. The molecule has 7 nitrogen and oxygen atoms in total. The number of carboxylic acid groups (broad SMARTS) is 1. The van der Waals surface area contributed by atoms with Gasteiger partial charge in [-0.15, -0.1) is 0 Å². The molecule has 0 radical (unpaired) electrons. The molecule has 0 bridgehead atoms. The first-order valence-electron chi connectivity index (χ1n) is 10.9. The third kappa shape index (κ3) is 4.67. The van der Waals surface area contributed by atoms with Gasteiger partial charge >= 0.3 is 5.97 Å². The van der Waals surface area contributed by atoms with Gasteiger partial charge in [0.1, 0.15) is 22.8 Å². The van der Waals surface area contributed by atoms with Crippen LogP contribution in [0.25, 0.3) is 11.2 Å². The smallest absolute Gasteiger partial charge is 0.349 e. The average Bonchev–Trinajstić information content (AvgIpc) is 3.17. The van der Waals surface area contributed by atoms with E-state index >= 15 is 0 Å². The van der Waals surface area contributed by atoms with Gasteiger partial charge in [0, 0.05) is 18.2 Å². The molecule has 1 unspecified atom stereocenters. The molecule has 4 rings (SSSR count). The van der Waals surface area contributed by atoms with Crippen LogP contribution in [0.2, 0.25) is 0 Å². The summed E-state index contributed by atoms with van der Waals surface area (Å²) in [5, 5.41) is 9.74. The maximum Gasteiger partial charge on any atom is 0.349 e. The normalized spacial score (nSPS) is 12.0. The second kappa shape index (κ2) is 9.73. The highest BCUT2D eigenvalue weighted by Crippen LogP contribution is 2.30.